The van der Waals surface area contributed by atoms with E-state index in [4.69, 9.17) is 15.0 Å². The molecular weight excluding hydrogens is 857 g/mol. The maximum Gasteiger partial charge on any atom is 0.165 e. The van der Waals surface area contributed by atoms with E-state index >= 15 is 0 Å². The zero-order valence-electron chi connectivity index (χ0n) is 37.3. The van der Waals surface area contributed by atoms with E-state index < -0.39 is 5.41 Å². The second kappa shape index (κ2) is 15.7. The van der Waals surface area contributed by atoms with E-state index in [2.05, 4.69) is 247 Å². The quantitative estimate of drug-likeness (QED) is 0.160. The van der Waals surface area contributed by atoms with E-state index in [9.17, 15) is 0 Å². The fourth-order valence-corrected chi connectivity index (χ4v) is 12.5. The molecule has 0 spiro atoms. The van der Waals surface area contributed by atoms with Crippen molar-refractivity contribution in [1.29, 1.82) is 0 Å². The van der Waals surface area contributed by atoms with E-state index in [1.54, 1.807) is 11.3 Å². The summed E-state index contributed by atoms with van der Waals surface area (Å²) >= 11 is 1.79. The first-order chi connectivity index (χ1) is 34.2. The molecule has 0 fully saturated rings. The summed E-state index contributed by atoms with van der Waals surface area (Å²) in [6.07, 6.45) is 0. The highest BCUT2D eigenvalue weighted by Gasteiger charge is 2.47. The Kier molecular flexibility index (Phi) is 8.95. The number of rotatable bonds is 7. The summed E-state index contributed by atoms with van der Waals surface area (Å²) in [7, 11) is 0. The van der Waals surface area contributed by atoms with Gasteiger partial charge in [-0.1, -0.05) is 200 Å². The van der Waals surface area contributed by atoms with Crippen LogP contribution in [0.5, 0.6) is 0 Å². The highest BCUT2D eigenvalue weighted by atomic mass is 32.1. The topological polar surface area (TPSA) is 43.6 Å². The van der Waals surface area contributed by atoms with E-state index in [1.165, 1.54) is 59.6 Å². The lowest BCUT2D eigenvalue weighted by Gasteiger charge is -2.33. The van der Waals surface area contributed by atoms with E-state index in [1.807, 2.05) is 0 Å². The Balaban J connectivity index is 1.02. The van der Waals surface area contributed by atoms with E-state index in [-0.39, 0.29) is 0 Å². The zero-order valence-corrected chi connectivity index (χ0v) is 38.1. The second-order valence-electron chi connectivity index (χ2n) is 17.8. The minimum absolute atomic E-state index is 0.565. The first-order valence-electron chi connectivity index (χ1n) is 23.4. The van der Waals surface area contributed by atoms with Crippen LogP contribution in [0.15, 0.2) is 243 Å². The van der Waals surface area contributed by atoms with Crippen molar-refractivity contribution in [3.63, 3.8) is 0 Å². The van der Waals surface area contributed by atoms with Crippen molar-refractivity contribution in [2.75, 3.05) is 0 Å². The van der Waals surface area contributed by atoms with Crippen molar-refractivity contribution in [3.8, 4) is 62.1 Å². The maximum atomic E-state index is 5.53. The monoisotopic (exact) mass is 896 g/mol. The number of hydrogen-bond acceptors (Lipinski definition) is 4. The molecule has 1 aliphatic carbocycles. The van der Waals surface area contributed by atoms with Crippen LogP contribution in [0.25, 0.3) is 104 Å². The van der Waals surface area contributed by atoms with Gasteiger partial charge in [-0.2, -0.15) is 0 Å². The first kappa shape index (κ1) is 39.4. The lowest BCUT2D eigenvalue weighted by Crippen LogP contribution is -2.28. The number of hydrogen-bond donors (Lipinski definition) is 0. The maximum absolute atomic E-state index is 5.53. The SMILES string of the molecule is c1ccc(-n2c3ccccc3c3c(-c4cccc(-c5nc(-c6cccc7c6-c6ccccc6C7(c6ccccc6)c6ccccc6)nc(-c6cccc7c6sc6ccccc67)n5)c4)cccc32)cc1. The van der Waals surface area contributed by atoms with Crippen molar-refractivity contribution in [2.45, 2.75) is 5.41 Å². The van der Waals surface area contributed by atoms with Gasteiger partial charge in [-0.25, -0.2) is 15.0 Å². The summed E-state index contributed by atoms with van der Waals surface area (Å²) < 4.78 is 4.77. The van der Waals surface area contributed by atoms with Gasteiger partial charge in [-0.05, 0) is 87.0 Å². The number of nitrogens with zero attached hydrogens (tertiary/aromatic N) is 4. The Bertz CT molecular complexity index is 4100. The predicted molar refractivity (Wildman–Crippen MR) is 286 cm³/mol. The molecule has 0 aliphatic heterocycles. The van der Waals surface area contributed by atoms with Gasteiger partial charge >= 0.3 is 0 Å². The second-order valence-corrected chi connectivity index (χ2v) is 18.9. The van der Waals surface area contributed by atoms with E-state index in [0.717, 1.165) is 49.3 Å². The molecule has 0 saturated carbocycles. The minimum Gasteiger partial charge on any atom is -0.309 e. The summed E-state index contributed by atoms with van der Waals surface area (Å²) in [5.41, 5.74) is 15.2. The molecule has 3 aromatic heterocycles. The third-order valence-corrected chi connectivity index (χ3v) is 15.4. The first-order valence-corrected chi connectivity index (χ1v) is 24.3. The van der Waals surface area contributed by atoms with Gasteiger partial charge in [0.1, 0.15) is 0 Å². The Morgan fingerprint density at radius 1 is 0.362 bits per heavy atom. The van der Waals surface area contributed by atoms with Crippen molar-refractivity contribution in [1.82, 2.24) is 19.5 Å². The van der Waals surface area contributed by atoms with Crippen LogP contribution in [0, 0.1) is 0 Å². The van der Waals surface area contributed by atoms with Crippen LogP contribution < -0.4 is 0 Å². The number of aromatic nitrogens is 4. The highest BCUT2D eigenvalue weighted by molar-refractivity contribution is 7.26. The molecule has 0 atom stereocenters. The van der Waals surface area contributed by atoms with Crippen LogP contribution in [0.1, 0.15) is 22.3 Å². The molecule has 10 aromatic carbocycles. The van der Waals surface area contributed by atoms with Gasteiger partial charge < -0.3 is 4.57 Å². The van der Waals surface area contributed by atoms with Crippen molar-refractivity contribution in [3.05, 3.63) is 265 Å². The molecule has 0 radical (unpaired) electrons. The molecule has 5 heteroatoms. The van der Waals surface area contributed by atoms with Crippen LogP contribution in [-0.2, 0) is 5.41 Å². The minimum atomic E-state index is -0.565. The fourth-order valence-electron chi connectivity index (χ4n) is 11.3. The average molecular weight is 897 g/mol. The smallest absolute Gasteiger partial charge is 0.165 e. The third kappa shape index (κ3) is 5.97. The Hall–Kier alpha value is -8.77. The van der Waals surface area contributed by atoms with Crippen molar-refractivity contribution >= 4 is 53.3 Å². The summed E-state index contributed by atoms with van der Waals surface area (Å²) in [4.78, 5) is 16.5. The number of fused-ring (bicyclic) bond motifs is 9. The van der Waals surface area contributed by atoms with Crippen LogP contribution in [-0.4, -0.2) is 19.5 Å². The zero-order chi connectivity index (χ0) is 45.5. The van der Waals surface area contributed by atoms with Crippen LogP contribution in [0.2, 0.25) is 0 Å². The van der Waals surface area contributed by atoms with Gasteiger partial charge in [-0.15, -0.1) is 11.3 Å². The van der Waals surface area contributed by atoms with Gasteiger partial charge in [0.15, 0.2) is 17.5 Å². The highest BCUT2D eigenvalue weighted by Crippen LogP contribution is 2.58. The van der Waals surface area contributed by atoms with Crippen LogP contribution in [0.3, 0.4) is 0 Å². The van der Waals surface area contributed by atoms with Crippen molar-refractivity contribution in [2.24, 2.45) is 0 Å². The summed E-state index contributed by atoms with van der Waals surface area (Å²) in [5, 5.41) is 4.85. The Labute approximate surface area is 403 Å². The summed E-state index contributed by atoms with van der Waals surface area (Å²) in [6.45, 7) is 0. The van der Waals surface area contributed by atoms with Gasteiger partial charge in [0.05, 0.1) is 16.4 Å². The molecule has 14 rings (SSSR count). The summed E-state index contributed by atoms with van der Waals surface area (Å²) in [6, 6.07) is 87.4. The summed E-state index contributed by atoms with van der Waals surface area (Å²) in [5.74, 6) is 1.90. The predicted octanol–water partition coefficient (Wildman–Crippen LogP) is 16.4. The van der Waals surface area contributed by atoms with Gasteiger partial charge in [0.25, 0.3) is 0 Å². The number of para-hydroxylation sites is 2. The molecule has 3 heterocycles. The lowest BCUT2D eigenvalue weighted by molar-refractivity contribution is 0.768. The molecule has 0 saturated heterocycles. The molecule has 0 amide bonds. The lowest BCUT2D eigenvalue weighted by atomic mass is 9.67. The number of benzene rings is 10. The standard InChI is InChI=1S/C64H40N4S/c1-4-22-43(23-5-1)64(44-24-6-2-7-25-44)53-35-13-10-29-49(53)58-51(33-18-36-54(58)64)62-65-61(66-63(67-62)52-34-17-32-48-47-28-12-15-39-57(47)69-60(48)52)42-21-16-20-41(40-42)46-31-19-38-56-59(46)50-30-11-14-37-55(50)68(56)45-26-8-3-9-27-45/h1-40H. The Morgan fingerprint density at radius 3 is 1.71 bits per heavy atom. The van der Waals surface area contributed by atoms with Gasteiger partial charge in [0.2, 0.25) is 0 Å². The van der Waals surface area contributed by atoms with E-state index in [0.29, 0.717) is 17.5 Å². The molecule has 4 nitrogen and oxygen atoms in total. The average Bonchev–Trinajstić information content (AvgIpc) is 4.08. The van der Waals surface area contributed by atoms with Crippen LogP contribution >= 0.6 is 11.3 Å². The number of thiophene rings is 1. The largest absolute Gasteiger partial charge is 0.309 e. The molecule has 69 heavy (non-hydrogen) atoms. The van der Waals surface area contributed by atoms with Crippen molar-refractivity contribution < 1.29 is 0 Å². The van der Waals surface area contributed by atoms with Crippen LogP contribution in [0.4, 0.5) is 0 Å². The van der Waals surface area contributed by atoms with Gasteiger partial charge in [-0.3, -0.25) is 0 Å². The molecular formula is C64H40N4S. The molecule has 13 aromatic rings. The molecule has 0 bridgehead atoms. The van der Waals surface area contributed by atoms with Gasteiger partial charge in [0, 0.05) is 53.3 Å². The fraction of sp³-hybridized carbons (Fsp3) is 0.0156. The molecule has 1 aliphatic rings. The molecule has 0 unspecified atom stereocenters. The normalized spacial score (nSPS) is 12.8. The Morgan fingerprint density at radius 2 is 0.899 bits per heavy atom. The molecule has 0 N–H and O–H groups in total. The molecule has 322 valence electrons. The third-order valence-electron chi connectivity index (χ3n) is 14.1.